The van der Waals surface area contributed by atoms with Crippen molar-refractivity contribution in [2.45, 2.75) is 11.9 Å². The van der Waals surface area contributed by atoms with Crippen LogP contribution in [-0.2, 0) is 20.6 Å². The molecule has 0 fully saturated rings. The molecule has 160 valence electrons. The van der Waals surface area contributed by atoms with Crippen LogP contribution >= 0.6 is 0 Å². The lowest BCUT2D eigenvalue weighted by Crippen LogP contribution is -2.49. The number of ether oxygens (including phenoxy) is 2. The molecule has 1 atom stereocenters. The van der Waals surface area contributed by atoms with E-state index in [1.165, 1.54) is 11.4 Å². The van der Waals surface area contributed by atoms with E-state index in [0.29, 0.717) is 28.4 Å². The van der Waals surface area contributed by atoms with Crippen LogP contribution in [0, 0.1) is 0 Å². The number of benzene rings is 3. The highest BCUT2D eigenvalue weighted by atomic mass is 32.2. The molecular weight excluding hydrogens is 416 g/mol. The fourth-order valence-corrected chi connectivity index (χ4v) is 4.97. The molecule has 1 unspecified atom stereocenters. The highest BCUT2D eigenvalue weighted by Crippen LogP contribution is 2.36. The first-order valence-electron chi connectivity index (χ1n) is 9.71. The number of carbonyl (C=O) groups is 1. The van der Waals surface area contributed by atoms with E-state index in [2.05, 4.69) is 5.32 Å². The molecule has 1 aliphatic rings. The molecular formula is C23H22N2O5S. The van der Waals surface area contributed by atoms with Gasteiger partial charge in [-0.15, -0.1) is 0 Å². The first-order chi connectivity index (χ1) is 15.0. The standard InChI is InChI=1S/C23H22N2O5S/c1-29-19-11-7-10-18(14-19)24-23(26)22-15-25(20-12-5-6-13-21(20)30-22)31(27,28)16-17-8-3-2-4-9-17/h2-14,22H,15-16H2,1H3,(H,24,26). The van der Waals surface area contributed by atoms with Gasteiger partial charge in [0.2, 0.25) is 10.0 Å². The number of para-hydroxylation sites is 2. The summed E-state index contributed by atoms with van der Waals surface area (Å²) >= 11 is 0. The van der Waals surface area contributed by atoms with Crippen molar-refractivity contribution < 1.29 is 22.7 Å². The third-order valence-electron chi connectivity index (χ3n) is 4.89. The second-order valence-corrected chi connectivity index (χ2v) is 8.96. The summed E-state index contributed by atoms with van der Waals surface area (Å²) in [7, 11) is -2.21. The molecule has 1 N–H and O–H groups in total. The molecule has 0 radical (unpaired) electrons. The van der Waals surface area contributed by atoms with Gasteiger partial charge in [-0.1, -0.05) is 48.5 Å². The first-order valence-corrected chi connectivity index (χ1v) is 11.3. The number of nitrogens with one attached hydrogen (secondary N) is 1. The summed E-state index contributed by atoms with van der Waals surface area (Å²) in [5.74, 6) is 0.325. The van der Waals surface area contributed by atoms with Crippen LogP contribution in [0.3, 0.4) is 0 Å². The van der Waals surface area contributed by atoms with E-state index in [0.717, 1.165) is 0 Å². The average molecular weight is 439 g/mol. The molecule has 1 amide bonds. The van der Waals surface area contributed by atoms with Crippen LogP contribution in [0.5, 0.6) is 11.5 Å². The number of sulfonamides is 1. The maximum absolute atomic E-state index is 13.2. The molecule has 3 aromatic rings. The lowest BCUT2D eigenvalue weighted by atomic mass is 10.2. The van der Waals surface area contributed by atoms with Crippen molar-refractivity contribution in [2.75, 3.05) is 23.3 Å². The summed E-state index contributed by atoms with van der Waals surface area (Å²) in [6, 6.07) is 22.7. The zero-order valence-corrected chi connectivity index (χ0v) is 17.7. The van der Waals surface area contributed by atoms with E-state index in [1.54, 1.807) is 72.8 Å². The van der Waals surface area contributed by atoms with Gasteiger partial charge in [-0.3, -0.25) is 9.10 Å². The molecule has 0 aliphatic carbocycles. The zero-order chi connectivity index (χ0) is 21.8. The smallest absolute Gasteiger partial charge is 0.267 e. The van der Waals surface area contributed by atoms with Gasteiger partial charge in [0, 0.05) is 11.8 Å². The predicted molar refractivity (Wildman–Crippen MR) is 119 cm³/mol. The van der Waals surface area contributed by atoms with Gasteiger partial charge in [-0.25, -0.2) is 8.42 Å². The Bertz CT molecular complexity index is 1180. The largest absolute Gasteiger partial charge is 0.497 e. The zero-order valence-electron chi connectivity index (χ0n) is 16.9. The first kappa shape index (κ1) is 20.7. The van der Waals surface area contributed by atoms with Crippen molar-refractivity contribution in [3.05, 3.63) is 84.4 Å². The number of anilines is 2. The van der Waals surface area contributed by atoms with Crippen LogP contribution in [0.4, 0.5) is 11.4 Å². The molecule has 4 rings (SSSR count). The normalized spacial score (nSPS) is 15.5. The van der Waals surface area contributed by atoms with E-state index in [4.69, 9.17) is 9.47 Å². The SMILES string of the molecule is COc1cccc(NC(=O)C2CN(S(=O)(=O)Cc3ccccc3)c3ccccc3O2)c1. The Labute approximate surface area is 181 Å². The molecule has 0 spiro atoms. The summed E-state index contributed by atoms with van der Waals surface area (Å²) in [4.78, 5) is 12.9. The molecule has 0 saturated heterocycles. The molecule has 7 nitrogen and oxygen atoms in total. The minimum Gasteiger partial charge on any atom is -0.497 e. The van der Waals surface area contributed by atoms with E-state index in [9.17, 15) is 13.2 Å². The van der Waals surface area contributed by atoms with Gasteiger partial charge in [0.05, 0.1) is 25.1 Å². The minimum absolute atomic E-state index is 0.123. The fourth-order valence-electron chi connectivity index (χ4n) is 3.39. The van der Waals surface area contributed by atoms with Crippen LogP contribution in [-0.4, -0.2) is 34.1 Å². The number of carbonyl (C=O) groups excluding carboxylic acids is 1. The lowest BCUT2D eigenvalue weighted by Gasteiger charge is -2.34. The van der Waals surface area contributed by atoms with Crippen molar-refractivity contribution >= 4 is 27.3 Å². The maximum atomic E-state index is 13.2. The van der Waals surface area contributed by atoms with E-state index >= 15 is 0 Å². The van der Waals surface area contributed by atoms with Gasteiger partial charge in [0.25, 0.3) is 5.91 Å². The van der Waals surface area contributed by atoms with Gasteiger partial charge in [0.1, 0.15) is 11.5 Å². The Morgan fingerprint density at radius 2 is 1.81 bits per heavy atom. The highest BCUT2D eigenvalue weighted by molar-refractivity contribution is 7.92. The van der Waals surface area contributed by atoms with Gasteiger partial charge < -0.3 is 14.8 Å². The molecule has 3 aromatic carbocycles. The molecule has 0 aromatic heterocycles. The van der Waals surface area contributed by atoms with Crippen molar-refractivity contribution in [2.24, 2.45) is 0 Å². The Balaban J connectivity index is 1.60. The third-order valence-corrected chi connectivity index (χ3v) is 6.61. The fraction of sp³-hybridized carbons (Fsp3) is 0.174. The second kappa shape index (κ2) is 8.69. The van der Waals surface area contributed by atoms with Crippen LogP contribution in [0.2, 0.25) is 0 Å². The van der Waals surface area contributed by atoms with Gasteiger partial charge >= 0.3 is 0 Å². The molecule has 0 bridgehead atoms. The van der Waals surface area contributed by atoms with Gasteiger partial charge in [0.15, 0.2) is 6.10 Å². The summed E-state index contributed by atoms with van der Waals surface area (Å²) in [5.41, 5.74) is 1.62. The lowest BCUT2D eigenvalue weighted by molar-refractivity contribution is -0.122. The van der Waals surface area contributed by atoms with E-state index in [-0.39, 0.29) is 12.3 Å². The van der Waals surface area contributed by atoms with Crippen LogP contribution < -0.4 is 19.1 Å². The van der Waals surface area contributed by atoms with Crippen molar-refractivity contribution in [3.8, 4) is 11.5 Å². The summed E-state index contributed by atoms with van der Waals surface area (Å²) in [5, 5.41) is 2.77. The van der Waals surface area contributed by atoms with E-state index < -0.39 is 22.0 Å². The summed E-state index contributed by atoms with van der Waals surface area (Å²) in [6.45, 7) is -0.123. The number of hydrogen-bond donors (Lipinski definition) is 1. The molecule has 8 heteroatoms. The Hall–Kier alpha value is -3.52. The number of rotatable bonds is 6. The number of fused-ring (bicyclic) bond motifs is 1. The number of hydrogen-bond acceptors (Lipinski definition) is 5. The third kappa shape index (κ3) is 4.64. The van der Waals surface area contributed by atoms with E-state index in [1.807, 2.05) is 6.07 Å². The average Bonchev–Trinajstić information content (AvgIpc) is 2.78. The Morgan fingerprint density at radius 1 is 1.06 bits per heavy atom. The second-order valence-electron chi connectivity index (χ2n) is 7.07. The molecule has 0 saturated carbocycles. The molecule has 1 aliphatic heterocycles. The van der Waals surface area contributed by atoms with Gasteiger partial charge in [-0.2, -0.15) is 0 Å². The topological polar surface area (TPSA) is 84.9 Å². The van der Waals surface area contributed by atoms with Crippen molar-refractivity contribution in [1.82, 2.24) is 0 Å². The Kier molecular flexibility index (Phi) is 5.81. The summed E-state index contributed by atoms with van der Waals surface area (Å²) < 4.78 is 38.8. The van der Waals surface area contributed by atoms with Crippen LogP contribution in [0.1, 0.15) is 5.56 Å². The van der Waals surface area contributed by atoms with Gasteiger partial charge in [-0.05, 0) is 29.8 Å². The number of amides is 1. The number of nitrogens with zero attached hydrogens (tertiary/aromatic N) is 1. The van der Waals surface area contributed by atoms with Crippen LogP contribution in [0.25, 0.3) is 0 Å². The monoisotopic (exact) mass is 438 g/mol. The summed E-state index contributed by atoms with van der Waals surface area (Å²) in [6.07, 6.45) is -1.01. The number of methoxy groups -OCH3 is 1. The Morgan fingerprint density at radius 3 is 2.58 bits per heavy atom. The predicted octanol–water partition coefficient (Wildman–Crippen LogP) is 3.43. The highest BCUT2D eigenvalue weighted by Gasteiger charge is 2.36. The minimum atomic E-state index is -3.75. The molecule has 31 heavy (non-hydrogen) atoms. The molecule has 1 heterocycles. The maximum Gasteiger partial charge on any atom is 0.267 e. The quantitative estimate of drug-likeness (QED) is 0.637. The van der Waals surface area contributed by atoms with Crippen molar-refractivity contribution in [3.63, 3.8) is 0 Å². The van der Waals surface area contributed by atoms with Crippen LogP contribution in [0.15, 0.2) is 78.9 Å². The van der Waals surface area contributed by atoms with Crippen molar-refractivity contribution in [1.29, 1.82) is 0 Å².